The Morgan fingerprint density at radius 3 is 2.71 bits per heavy atom. The van der Waals surface area contributed by atoms with E-state index in [1.807, 2.05) is 0 Å². The van der Waals surface area contributed by atoms with Gasteiger partial charge >= 0.3 is 7.69 Å². The summed E-state index contributed by atoms with van der Waals surface area (Å²) in [6.45, 7) is 0. The van der Waals surface area contributed by atoms with Crippen LogP contribution in [0.3, 0.4) is 0 Å². The first kappa shape index (κ1) is 6.86. The molecule has 0 bridgehead atoms. The summed E-state index contributed by atoms with van der Waals surface area (Å²) in [6, 6.07) is 0. The van der Waals surface area contributed by atoms with Crippen molar-refractivity contribution < 1.29 is 24.8 Å². The van der Waals surface area contributed by atoms with Gasteiger partial charge in [0.1, 0.15) is 0 Å². The summed E-state index contributed by atoms with van der Waals surface area (Å²) in [4.78, 5) is 3.81. The molecule has 0 heterocycles. The maximum atomic E-state index is 7.37. The van der Waals surface area contributed by atoms with Gasteiger partial charge in [0.2, 0.25) is 0 Å². The predicted molar refractivity (Wildman–Crippen MR) is 18.6 cm³/mol. The van der Waals surface area contributed by atoms with Crippen molar-refractivity contribution in [3.63, 3.8) is 0 Å². The van der Waals surface area contributed by atoms with Crippen molar-refractivity contribution >= 4 is 7.69 Å². The lowest BCUT2D eigenvalue weighted by molar-refractivity contribution is -0.598. The standard InChI is InChI=1S/CH4BO5/c1-4-2-5-7-6-3/h3H,1H3. The smallest absolute Gasteiger partial charge is 0.414 e. The Kier molecular flexibility index (Phi) is 5.75. The first-order chi connectivity index (χ1) is 3.41. The van der Waals surface area contributed by atoms with E-state index in [2.05, 4.69) is 19.5 Å². The molecule has 6 heteroatoms. The lowest BCUT2D eigenvalue weighted by atomic mass is 10.4. The molecule has 0 rings (SSSR count). The average Bonchev–Trinajstić information content (AvgIpc) is 1.69. The van der Waals surface area contributed by atoms with Gasteiger partial charge in [-0.3, -0.25) is 0 Å². The second kappa shape index (κ2) is 5.86. The van der Waals surface area contributed by atoms with Crippen LogP contribution in [0.1, 0.15) is 0 Å². The highest BCUT2D eigenvalue weighted by Gasteiger charge is 1.88. The van der Waals surface area contributed by atoms with E-state index in [0.717, 1.165) is 7.69 Å². The van der Waals surface area contributed by atoms with E-state index in [1.165, 1.54) is 7.11 Å². The van der Waals surface area contributed by atoms with E-state index in [0.29, 0.717) is 0 Å². The van der Waals surface area contributed by atoms with Crippen LogP contribution in [0.5, 0.6) is 0 Å². The molecule has 0 aromatic heterocycles. The van der Waals surface area contributed by atoms with Crippen LogP contribution in [-0.2, 0) is 19.5 Å². The van der Waals surface area contributed by atoms with Gasteiger partial charge in [-0.1, -0.05) is 5.04 Å². The molecule has 7 heavy (non-hydrogen) atoms. The molecule has 0 aromatic carbocycles. The monoisotopic (exact) mass is 107 g/mol. The Hall–Kier alpha value is -0.135. The minimum atomic E-state index is 0.830. The number of rotatable bonds is 4. The summed E-state index contributed by atoms with van der Waals surface area (Å²) in [7, 11) is 2.18. The van der Waals surface area contributed by atoms with Gasteiger partial charge in [-0.15, -0.1) is 0 Å². The summed E-state index contributed by atoms with van der Waals surface area (Å²) in [5.74, 6) is 0. The third-order valence-electron chi connectivity index (χ3n) is 0.205. The van der Waals surface area contributed by atoms with Crippen molar-refractivity contribution in [1.82, 2.24) is 0 Å². The molecule has 0 fully saturated rings. The third-order valence-corrected chi connectivity index (χ3v) is 0.205. The minimum Gasteiger partial charge on any atom is -0.414 e. The van der Waals surface area contributed by atoms with Crippen LogP contribution in [0.15, 0.2) is 0 Å². The first-order valence-corrected chi connectivity index (χ1v) is 1.40. The zero-order valence-electron chi connectivity index (χ0n) is 3.66. The van der Waals surface area contributed by atoms with E-state index in [9.17, 15) is 0 Å². The maximum Gasteiger partial charge on any atom is 0.529 e. The highest BCUT2D eigenvalue weighted by molar-refractivity contribution is 6.17. The van der Waals surface area contributed by atoms with Crippen LogP contribution >= 0.6 is 0 Å². The Bertz CT molecular complexity index is 27.3. The highest BCUT2D eigenvalue weighted by Crippen LogP contribution is 1.71. The van der Waals surface area contributed by atoms with Crippen molar-refractivity contribution in [3.8, 4) is 0 Å². The summed E-state index contributed by atoms with van der Waals surface area (Å²) >= 11 is 0. The van der Waals surface area contributed by atoms with Gasteiger partial charge in [0.25, 0.3) is 0 Å². The molecule has 1 N–H and O–H groups in total. The molecule has 5 nitrogen and oxygen atoms in total. The second-order valence-corrected chi connectivity index (χ2v) is 0.571. The lowest BCUT2D eigenvalue weighted by Gasteiger charge is -1.90. The van der Waals surface area contributed by atoms with E-state index in [-0.39, 0.29) is 0 Å². The summed E-state index contributed by atoms with van der Waals surface area (Å²) in [6.07, 6.45) is 0. The Balaban J connectivity index is 2.45. The van der Waals surface area contributed by atoms with Gasteiger partial charge in [-0.05, 0) is 5.04 Å². The molecule has 0 saturated heterocycles. The van der Waals surface area contributed by atoms with Crippen LogP contribution in [-0.4, -0.2) is 20.1 Å². The third kappa shape index (κ3) is 5.86. The van der Waals surface area contributed by atoms with Gasteiger partial charge < -0.3 is 4.65 Å². The zero-order valence-corrected chi connectivity index (χ0v) is 3.66. The highest BCUT2D eigenvalue weighted by atomic mass is 17.6. The Labute approximate surface area is 40.8 Å². The molecule has 0 aromatic rings. The van der Waals surface area contributed by atoms with E-state index in [1.54, 1.807) is 0 Å². The van der Waals surface area contributed by atoms with Crippen molar-refractivity contribution in [3.05, 3.63) is 0 Å². The van der Waals surface area contributed by atoms with Gasteiger partial charge in [0, 0.05) is 7.11 Å². The van der Waals surface area contributed by atoms with Crippen LogP contribution in [0.2, 0.25) is 0 Å². The molecular formula is CH4BO5. The minimum absolute atomic E-state index is 0.830. The average molecular weight is 107 g/mol. The first-order valence-electron chi connectivity index (χ1n) is 1.40. The fraction of sp³-hybridized carbons (Fsp3) is 1.00. The topological polar surface area (TPSA) is 57.2 Å². The molecule has 0 saturated carbocycles. The quantitative estimate of drug-likeness (QED) is 0.227. The van der Waals surface area contributed by atoms with Gasteiger partial charge in [-0.2, -0.15) is 0 Å². The molecule has 0 aliphatic heterocycles. The number of hydrogen-bond donors (Lipinski definition) is 1. The van der Waals surface area contributed by atoms with Gasteiger partial charge in [0.15, 0.2) is 0 Å². The molecule has 0 unspecified atom stereocenters. The van der Waals surface area contributed by atoms with Crippen molar-refractivity contribution in [1.29, 1.82) is 0 Å². The van der Waals surface area contributed by atoms with Crippen molar-refractivity contribution in [2.75, 3.05) is 7.11 Å². The Morgan fingerprint density at radius 1 is 1.57 bits per heavy atom. The fourth-order valence-corrected chi connectivity index (χ4v) is 0.0729. The summed E-state index contributed by atoms with van der Waals surface area (Å²) < 4.78 is 4.18. The molecule has 0 spiro atoms. The van der Waals surface area contributed by atoms with E-state index < -0.39 is 0 Å². The predicted octanol–water partition coefficient (Wildman–Crippen LogP) is -0.480. The van der Waals surface area contributed by atoms with Gasteiger partial charge in [0.05, 0.1) is 0 Å². The van der Waals surface area contributed by atoms with Crippen molar-refractivity contribution in [2.45, 2.75) is 0 Å². The van der Waals surface area contributed by atoms with Crippen LogP contribution in [0, 0.1) is 0 Å². The summed E-state index contributed by atoms with van der Waals surface area (Å²) in [5, 5.41) is 13.8. The lowest BCUT2D eigenvalue weighted by Crippen LogP contribution is -2.01. The second-order valence-electron chi connectivity index (χ2n) is 0.571. The number of hydrogen-bond acceptors (Lipinski definition) is 5. The molecule has 0 aliphatic rings. The zero-order chi connectivity index (χ0) is 5.54. The normalized spacial score (nSPS) is 8.86. The maximum absolute atomic E-state index is 7.37. The molecule has 0 atom stereocenters. The van der Waals surface area contributed by atoms with Crippen LogP contribution < -0.4 is 0 Å². The van der Waals surface area contributed by atoms with Crippen LogP contribution in [0.25, 0.3) is 0 Å². The van der Waals surface area contributed by atoms with Crippen molar-refractivity contribution in [2.24, 2.45) is 0 Å². The van der Waals surface area contributed by atoms with Gasteiger partial charge in [-0.25, -0.2) is 10.1 Å². The van der Waals surface area contributed by atoms with Crippen LogP contribution in [0.4, 0.5) is 0 Å². The molecular weight excluding hydrogens is 103 g/mol. The fourth-order valence-electron chi connectivity index (χ4n) is 0.0729. The largest absolute Gasteiger partial charge is 0.529 e. The van der Waals surface area contributed by atoms with E-state index in [4.69, 9.17) is 5.26 Å². The molecule has 41 valence electrons. The van der Waals surface area contributed by atoms with E-state index >= 15 is 0 Å². The molecule has 1 radical (unpaired) electrons. The summed E-state index contributed by atoms with van der Waals surface area (Å²) in [5.41, 5.74) is 0. The molecule has 0 aliphatic carbocycles. The molecule has 0 amide bonds. The SMILES string of the molecule is CO[B]OOOO. The Morgan fingerprint density at radius 2 is 2.29 bits per heavy atom.